The van der Waals surface area contributed by atoms with Crippen LogP contribution in [-0.2, 0) is 4.74 Å². The molecule has 2 aromatic carbocycles. The maximum atomic E-state index is 13.8. The van der Waals surface area contributed by atoms with Gasteiger partial charge in [-0.15, -0.1) is 0 Å². The molecule has 28 heavy (non-hydrogen) atoms. The predicted molar refractivity (Wildman–Crippen MR) is 102 cm³/mol. The third-order valence-corrected chi connectivity index (χ3v) is 3.80. The van der Waals surface area contributed by atoms with Crippen LogP contribution in [0.1, 0.15) is 10.5 Å². The number of benzene rings is 2. The van der Waals surface area contributed by atoms with Gasteiger partial charge >= 0.3 is 0 Å². The van der Waals surface area contributed by atoms with Crippen molar-refractivity contribution in [3.63, 3.8) is 0 Å². The second-order valence-electron chi connectivity index (χ2n) is 5.80. The molecule has 6 nitrogen and oxygen atoms in total. The molecule has 0 aliphatic rings. The number of amides is 1. The molecule has 0 unspecified atom stereocenters. The molecule has 144 valence electrons. The van der Waals surface area contributed by atoms with E-state index in [2.05, 4.69) is 20.6 Å². The summed E-state index contributed by atoms with van der Waals surface area (Å²) in [5.41, 5.74) is 0.140. The first-order valence-corrected chi connectivity index (χ1v) is 8.51. The van der Waals surface area contributed by atoms with Crippen LogP contribution < -0.4 is 10.6 Å². The average Bonchev–Trinajstić information content (AvgIpc) is 2.71. The van der Waals surface area contributed by atoms with Gasteiger partial charge in [0.1, 0.15) is 28.8 Å². The number of hydrogen-bond donors (Lipinski definition) is 2. The second kappa shape index (κ2) is 9.01. The van der Waals surface area contributed by atoms with Crippen molar-refractivity contribution >= 4 is 17.4 Å². The summed E-state index contributed by atoms with van der Waals surface area (Å²) in [5.74, 6) is -1.79. The largest absolute Gasteiger partial charge is 0.383 e. The number of rotatable bonds is 7. The lowest BCUT2D eigenvalue weighted by Crippen LogP contribution is -2.18. The quantitative estimate of drug-likeness (QED) is 0.607. The fourth-order valence-corrected chi connectivity index (χ4v) is 2.45. The maximum Gasteiger partial charge on any atom is 0.274 e. The van der Waals surface area contributed by atoms with Gasteiger partial charge in [-0.1, -0.05) is 36.4 Å². The molecule has 3 rings (SSSR count). The minimum atomic E-state index is -0.871. The Morgan fingerprint density at radius 2 is 1.75 bits per heavy atom. The van der Waals surface area contributed by atoms with Crippen molar-refractivity contribution in [3.05, 3.63) is 71.9 Å². The van der Waals surface area contributed by atoms with Crippen molar-refractivity contribution in [2.45, 2.75) is 0 Å². The van der Waals surface area contributed by atoms with Gasteiger partial charge in [0.05, 0.1) is 6.61 Å². The Morgan fingerprint density at radius 1 is 1.04 bits per heavy atom. The van der Waals surface area contributed by atoms with Crippen LogP contribution in [0.15, 0.2) is 54.6 Å². The van der Waals surface area contributed by atoms with Crippen LogP contribution in [0, 0.1) is 11.6 Å². The molecule has 2 N–H and O–H groups in total. The van der Waals surface area contributed by atoms with Crippen LogP contribution in [-0.4, -0.2) is 36.1 Å². The van der Waals surface area contributed by atoms with Gasteiger partial charge in [0.15, 0.2) is 5.82 Å². The highest BCUT2D eigenvalue weighted by atomic mass is 19.1. The number of aromatic nitrogens is 2. The third-order valence-electron chi connectivity index (χ3n) is 3.80. The highest BCUT2D eigenvalue weighted by Crippen LogP contribution is 2.21. The van der Waals surface area contributed by atoms with Crippen LogP contribution in [0.3, 0.4) is 0 Å². The summed E-state index contributed by atoms with van der Waals surface area (Å²) in [5, 5.41) is 5.27. The van der Waals surface area contributed by atoms with Gasteiger partial charge in [0.25, 0.3) is 5.91 Å². The van der Waals surface area contributed by atoms with Crippen LogP contribution >= 0.6 is 0 Å². The summed E-state index contributed by atoms with van der Waals surface area (Å²) < 4.78 is 32.7. The molecular formula is C20H18F2N4O2. The molecule has 1 heterocycles. The smallest absolute Gasteiger partial charge is 0.274 e. The van der Waals surface area contributed by atoms with Gasteiger partial charge in [-0.3, -0.25) is 4.79 Å². The lowest BCUT2D eigenvalue weighted by Gasteiger charge is -2.11. The molecule has 0 aliphatic carbocycles. The number of carbonyl (C=O) groups excluding carboxylic acids is 1. The van der Waals surface area contributed by atoms with E-state index in [1.165, 1.54) is 12.1 Å². The molecule has 0 radical (unpaired) electrons. The Bertz CT molecular complexity index is 947. The first-order valence-electron chi connectivity index (χ1n) is 8.51. The van der Waals surface area contributed by atoms with Gasteiger partial charge < -0.3 is 15.4 Å². The zero-order valence-electron chi connectivity index (χ0n) is 15.1. The monoisotopic (exact) mass is 384 g/mol. The lowest BCUT2D eigenvalue weighted by atomic mass is 10.2. The number of halogens is 2. The van der Waals surface area contributed by atoms with E-state index < -0.39 is 23.2 Å². The van der Waals surface area contributed by atoms with Crippen molar-refractivity contribution in [2.75, 3.05) is 30.9 Å². The van der Waals surface area contributed by atoms with Crippen molar-refractivity contribution < 1.29 is 18.3 Å². The predicted octanol–water partition coefficient (Wildman–Crippen LogP) is 3.73. The summed E-state index contributed by atoms with van der Waals surface area (Å²) in [6.45, 7) is 0.900. The molecule has 0 bridgehead atoms. The normalized spacial score (nSPS) is 10.5. The molecule has 0 atom stereocenters. The Morgan fingerprint density at radius 3 is 2.43 bits per heavy atom. The van der Waals surface area contributed by atoms with Gasteiger partial charge in [-0.25, -0.2) is 18.7 Å². The van der Waals surface area contributed by atoms with Crippen molar-refractivity contribution in [1.82, 2.24) is 9.97 Å². The SMILES string of the molecule is COCCNc1cc(C(=O)Nc2c(F)cccc2F)nc(-c2ccccc2)n1. The van der Waals surface area contributed by atoms with Crippen LogP contribution in [0.25, 0.3) is 11.4 Å². The number of nitrogens with one attached hydrogen (secondary N) is 2. The fraction of sp³-hybridized carbons (Fsp3) is 0.150. The number of hydrogen-bond acceptors (Lipinski definition) is 5. The van der Waals surface area contributed by atoms with E-state index in [0.717, 1.165) is 12.1 Å². The first kappa shape index (κ1) is 19.4. The summed E-state index contributed by atoms with van der Waals surface area (Å²) in [6, 6.07) is 13.8. The number of ether oxygens (including phenoxy) is 1. The lowest BCUT2D eigenvalue weighted by molar-refractivity contribution is 0.102. The Labute approximate surface area is 160 Å². The van der Waals surface area contributed by atoms with E-state index in [0.29, 0.717) is 30.4 Å². The summed E-state index contributed by atoms with van der Waals surface area (Å²) in [7, 11) is 1.57. The number of nitrogens with zero attached hydrogens (tertiary/aromatic N) is 2. The van der Waals surface area contributed by atoms with E-state index in [-0.39, 0.29) is 5.69 Å². The Balaban J connectivity index is 1.94. The first-order chi connectivity index (χ1) is 13.6. The minimum absolute atomic E-state index is 0.0311. The van der Waals surface area contributed by atoms with Gasteiger partial charge in [-0.05, 0) is 12.1 Å². The summed E-state index contributed by atoms with van der Waals surface area (Å²) in [4.78, 5) is 21.2. The molecule has 0 aliphatic heterocycles. The Hall–Kier alpha value is -3.39. The molecule has 0 spiro atoms. The molecule has 1 amide bonds. The zero-order valence-corrected chi connectivity index (χ0v) is 15.1. The van der Waals surface area contributed by atoms with E-state index >= 15 is 0 Å². The maximum absolute atomic E-state index is 13.8. The highest BCUT2D eigenvalue weighted by Gasteiger charge is 2.17. The standard InChI is InChI=1S/C20H18F2N4O2/c1-28-11-10-23-17-12-16(24-19(25-17)13-6-3-2-4-7-13)20(27)26-18-14(21)8-5-9-15(18)22/h2-9,12H,10-11H2,1H3,(H,26,27)(H,23,24,25). The molecule has 0 fully saturated rings. The van der Waals surface area contributed by atoms with Crippen LogP contribution in [0.4, 0.5) is 20.3 Å². The van der Waals surface area contributed by atoms with E-state index in [1.807, 2.05) is 18.2 Å². The number of methoxy groups -OCH3 is 1. The van der Waals surface area contributed by atoms with Crippen molar-refractivity contribution in [2.24, 2.45) is 0 Å². The molecule has 3 aromatic rings. The Kier molecular flexibility index (Phi) is 6.23. The van der Waals surface area contributed by atoms with Crippen molar-refractivity contribution in [1.29, 1.82) is 0 Å². The van der Waals surface area contributed by atoms with E-state index in [1.54, 1.807) is 19.2 Å². The highest BCUT2D eigenvalue weighted by molar-refractivity contribution is 6.03. The van der Waals surface area contributed by atoms with E-state index in [4.69, 9.17) is 4.74 Å². The molecular weight excluding hydrogens is 366 g/mol. The zero-order chi connectivity index (χ0) is 19.9. The van der Waals surface area contributed by atoms with Gasteiger partial charge in [0.2, 0.25) is 0 Å². The minimum Gasteiger partial charge on any atom is -0.383 e. The summed E-state index contributed by atoms with van der Waals surface area (Å²) >= 11 is 0. The van der Waals surface area contributed by atoms with Crippen molar-refractivity contribution in [3.8, 4) is 11.4 Å². The number of para-hydroxylation sites is 1. The van der Waals surface area contributed by atoms with E-state index in [9.17, 15) is 13.6 Å². The number of carbonyl (C=O) groups is 1. The number of anilines is 2. The molecule has 0 saturated carbocycles. The van der Waals surface area contributed by atoms with Gasteiger partial charge in [0, 0.05) is 25.3 Å². The van der Waals surface area contributed by atoms with Crippen LogP contribution in [0.5, 0.6) is 0 Å². The topological polar surface area (TPSA) is 76.1 Å². The molecule has 8 heteroatoms. The van der Waals surface area contributed by atoms with Gasteiger partial charge in [-0.2, -0.15) is 0 Å². The van der Waals surface area contributed by atoms with Crippen LogP contribution in [0.2, 0.25) is 0 Å². The third kappa shape index (κ3) is 4.66. The fourth-order valence-electron chi connectivity index (χ4n) is 2.45. The molecule has 0 saturated heterocycles. The second-order valence-corrected chi connectivity index (χ2v) is 5.80. The average molecular weight is 384 g/mol. The molecule has 1 aromatic heterocycles. The summed E-state index contributed by atoms with van der Waals surface area (Å²) in [6.07, 6.45) is 0.